The van der Waals surface area contributed by atoms with Crippen molar-refractivity contribution in [2.45, 2.75) is 26.2 Å². The Morgan fingerprint density at radius 3 is 2.40 bits per heavy atom. The Balaban J connectivity index is 2.40. The molecule has 0 radical (unpaired) electrons. The smallest absolute Gasteiger partial charge is 0.196 e. The normalized spacial score (nSPS) is 10.4. The highest BCUT2D eigenvalue weighted by Gasteiger charge is 2.18. The predicted molar refractivity (Wildman–Crippen MR) is 78.3 cm³/mol. The van der Waals surface area contributed by atoms with Crippen LogP contribution >= 0.6 is 0 Å². The third-order valence-electron chi connectivity index (χ3n) is 3.32. The highest BCUT2D eigenvalue weighted by molar-refractivity contribution is 6.11. The van der Waals surface area contributed by atoms with Gasteiger partial charge in [0.2, 0.25) is 0 Å². The minimum absolute atomic E-state index is 0.0422. The van der Waals surface area contributed by atoms with Gasteiger partial charge in [0.05, 0.1) is 5.56 Å². The van der Waals surface area contributed by atoms with E-state index in [0.717, 1.165) is 12.8 Å². The molecule has 0 aliphatic heterocycles. The Hall–Kier alpha value is -2.29. The average molecular weight is 270 g/mol. The molecule has 104 valence electrons. The molecular formula is C17H18O3. The molecule has 2 N–H and O–H groups in total. The zero-order chi connectivity index (χ0) is 14.5. The van der Waals surface area contributed by atoms with E-state index in [9.17, 15) is 15.0 Å². The lowest BCUT2D eigenvalue weighted by molar-refractivity contribution is 0.103. The van der Waals surface area contributed by atoms with Crippen LogP contribution in [0.25, 0.3) is 0 Å². The van der Waals surface area contributed by atoms with Gasteiger partial charge in [0.1, 0.15) is 11.5 Å². The first-order valence-corrected chi connectivity index (χ1v) is 6.78. The number of rotatable bonds is 5. The molecule has 0 heterocycles. The maximum Gasteiger partial charge on any atom is 0.196 e. The minimum Gasteiger partial charge on any atom is -0.508 e. The average Bonchev–Trinajstić information content (AvgIpc) is 2.47. The molecule has 0 aromatic heterocycles. The summed E-state index contributed by atoms with van der Waals surface area (Å²) in [7, 11) is 0. The molecule has 3 nitrogen and oxygen atoms in total. The number of unbranched alkanes of at least 4 members (excludes halogenated alkanes) is 1. The van der Waals surface area contributed by atoms with Gasteiger partial charge >= 0.3 is 0 Å². The van der Waals surface area contributed by atoms with Crippen LogP contribution in [0.15, 0.2) is 42.5 Å². The number of hydrogen-bond acceptors (Lipinski definition) is 3. The minimum atomic E-state index is -0.235. The molecule has 2 aromatic rings. The molecule has 0 unspecified atom stereocenters. The molecular weight excluding hydrogens is 252 g/mol. The quantitative estimate of drug-likeness (QED) is 0.815. The molecule has 0 fully saturated rings. The van der Waals surface area contributed by atoms with Crippen LogP contribution in [0.3, 0.4) is 0 Å². The van der Waals surface area contributed by atoms with Crippen molar-refractivity contribution in [3.05, 3.63) is 59.2 Å². The Labute approximate surface area is 118 Å². The second-order valence-electron chi connectivity index (χ2n) is 4.76. The van der Waals surface area contributed by atoms with Gasteiger partial charge in [0, 0.05) is 11.1 Å². The van der Waals surface area contributed by atoms with Crippen LogP contribution in [0, 0.1) is 0 Å². The van der Waals surface area contributed by atoms with Crippen LogP contribution in [0.5, 0.6) is 11.5 Å². The van der Waals surface area contributed by atoms with E-state index < -0.39 is 0 Å². The van der Waals surface area contributed by atoms with Crippen LogP contribution in [-0.2, 0) is 6.42 Å². The molecule has 0 amide bonds. The maximum absolute atomic E-state index is 12.4. The molecule has 3 heteroatoms. The van der Waals surface area contributed by atoms with Crippen LogP contribution in [0.1, 0.15) is 41.3 Å². The van der Waals surface area contributed by atoms with Crippen molar-refractivity contribution in [1.29, 1.82) is 0 Å². The van der Waals surface area contributed by atoms with Crippen molar-refractivity contribution in [1.82, 2.24) is 0 Å². The van der Waals surface area contributed by atoms with Crippen molar-refractivity contribution in [3.8, 4) is 11.5 Å². The molecule has 0 aliphatic carbocycles. The standard InChI is InChI=1S/C17H18O3/c1-2-3-9-13-15(18)11-10-14(17(13)20)16(19)12-7-5-4-6-8-12/h4-8,10-11,18,20H,2-3,9H2,1H3. The number of carbonyl (C=O) groups is 1. The zero-order valence-electron chi connectivity index (χ0n) is 11.5. The first kappa shape index (κ1) is 14.1. The fraction of sp³-hybridized carbons (Fsp3) is 0.235. The number of aromatic hydroxyl groups is 2. The number of hydrogen-bond donors (Lipinski definition) is 2. The van der Waals surface area contributed by atoms with E-state index in [0.29, 0.717) is 17.5 Å². The zero-order valence-corrected chi connectivity index (χ0v) is 11.5. The van der Waals surface area contributed by atoms with Gasteiger partial charge in [-0.25, -0.2) is 0 Å². The van der Waals surface area contributed by atoms with Crippen LogP contribution in [0.4, 0.5) is 0 Å². The molecule has 0 saturated heterocycles. The molecule has 0 atom stereocenters. The summed E-state index contributed by atoms with van der Waals surface area (Å²) in [5, 5.41) is 20.1. The monoisotopic (exact) mass is 270 g/mol. The number of phenolic OH excluding ortho intramolecular Hbond substituents is 2. The molecule has 0 bridgehead atoms. The van der Waals surface area contributed by atoms with Gasteiger partial charge in [-0.05, 0) is 25.0 Å². The summed E-state index contributed by atoms with van der Waals surface area (Å²) in [5.74, 6) is -0.297. The second-order valence-corrected chi connectivity index (χ2v) is 4.76. The van der Waals surface area contributed by atoms with Gasteiger partial charge in [-0.15, -0.1) is 0 Å². The third kappa shape index (κ3) is 2.82. The molecule has 2 aromatic carbocycles. The molecule has 2 rings (SSSR count). The molecule has 20 heavy (non-hydrogen) atoms. The maximum atomic E-state index is 12.4. The second kappa shape index (κ2) is 6.24. The third-order valence-corrected chi connectivity index (χ3v) is 3.32. The van der Waals surface area contributed by atoms with Crippen molar-refractivity contribution in [2.75, 3.05) is 0 Å². The van der Waals surface area contributed by atoms with Crippen LogP contribution in [-0.4, -0.2) is 16.0 Å². The lowest BCUT2D eigenvalue weighted by Gasteiger charge is -2.11. The van der Waals surface area contributed by atoms with Gasteiger partial charge in [-0.2, -0.15) is 0 Å². The van der Waals surface area contributed by atoms with Crippen molar-refractivity contribution >= 4 is 5.78 Å². The Bertz CT molecular complexity index is 603. The van der Waals surface area contributed by atoms with Gasteiger partial charge in [-0.3, -0.25) is 4.79 Å². The van der Waals surface area contributed by atoms with E-state index in [4.69, 9.17) is 0 Å². The van der Waals surface area contributed by atoms with Crippen molar-refractivity contribution < 1.29 is 15.0 Å². The summed E-state index contributed by atoms with van der Waals surface area (Å²) in [6, 6.07) is 11.8. The summed E-state index contributed by atoms with van der Waals surface area (Å²) in [6.07, 6.45) is 2.36. The van der Waals surface area contributed by atoms with Crippen molar-refractivity contribution in [3.63, 3.8) is 0 Å². The Morgan fingerprint density at radius 2 is 1.75 bits per heavy atom. The van der Waals surface area contributed by atoms with Crippen LogP contribution < -0.4 is 0 Å². The lowest BCUT2D eigenvalue weighted by Crippen LogP contribution is -2.03. The van der Waals surface area contributed by atoms with Gasteiger partial charge in [0.25, 0.3) is 0 Å². The number of ketones is 1. The lowest BCUT2D eigenvalue weighted by atomic mass is 9.97. The summed E-state index contributed by atoms with van der Waals surface area (Å²) in [6.45, 7) is 2.03. The summed E-state index contributed by atoms with van der Waals surface area (Å²) >= 11 is 0. The number of carbonyl (C=O) groups excluding carboxylic acids is 1. The van der Waals surface area contributed by atoms with E-state index in [-0.39, 0.29) is 22.8 Å². The summed E-state index contributed by atoms with van der Waals surface area (Å²) < 4.78 is 0. The highest BCUT2D eigenvalue weighted by atomic mass is 16.3. The summed E-state index contributed by atoms with van der Waals surface area (Å²) in [5.41, 5.74) is 1.21. The van der Waals surface area contributed by atoms with Gasteiger partial charge < -0.3 is 10.2 Å². The molecule has 0 saturated carbocycles. The van der Waals surface area contributed by atoms with E-state index in [2.05, 4.69) is 0 Å². The largest absolute Gasteiger partial charge is 0.508 e. The molecule has 0 spiro atoms. The van der Waals surface area contributed by atoms with E-state index in [1.54, 1.807) is 24.3 Å². The van der Waals surface area contributed by atoms with Gasteiger partial charge in [-0.1, -0.05) is 43.7 Å². The fourth-order valence-corrected chi connectivity index (χ4v) is 2.15. The number of benzene rings is 2. The predicted octanol–water partition coefficient (Wildman–Crippen LogP) is 3.67. The topological polar surface area (TPSA) is 57.5 Å². The number of phenols is 2. The van der Waals surface area contributed by atoms with E-state index in [1.165, 1.54) is 12.1 Å². The Kier molecular flexibility index (Phi) is 4.41. The Morgan fingerprint density at radius 1 is 1.05 bits per heavy atom. The first-order chi connectivity index (χ1) is 9.65. The van der Waals surface area contributed by atoms with E-state index in [1.807, 2.05) is 13.0 Å². The van der Waals surface area contributed by atoms with Gasteiger partial charge in [0.15, 0.2) is 5.78 Å². The fourth-order valence-electron chi connectivity index (χ4n) is 2.15. The highest BCUT2D eigenvalue weighted by Crippen LogP contribution is 2.33. The summed E-state index contributed by atoms with van der Waals surface area (Å²) in [4.78, 5) is 12.4. The molecule has 0 aliphatic rings. The van der Waals surface area contributed by atoms with Crippen LogP contribution in [0.2, 0.25) is 0 Å². The first-order valence-electron chi connectivity index (χ1n) is 6.78. The van der Waals surface area contributed by atoms with Crippen molar-refractivity contribution in [2.24, 2.45) is 0 Å². The van der Waals surface area contributed by atoms with E-state index >= 15 is 0 Å². The SMILES string of the molecule is CCCCc1c(O)ccc(C(=O)c2ccccc2)c1O.